The molecule has 2 nitrogen and oxygen atoms in total. The van der Waals surface area contributed by atoms with Crippen LogP contribution in [0.5, 0.6) is 0 Å². The van der Waals surface area contributed by atoms with Crippen LogP contribution in [0.25, 0.3) is 6.08 Å². The van der Waals surface area contributed by atoms with E-state index in [0.717, 1.165) is 11.1 Å². The molecule has 0 aromatic heterocycles. The van der Waals surface area contributed by atoms with Crippen molar-refractivity contribution in [3.63, 3.8) is 0 Å². The summed E-state index contributed by atoms with van der Waals surface area (Å²) < 4.78 is 4.81. The zero-order valence-electron chi connectivity index (χ0n) is 11.9. The average molecular weight is 276 g/mol. The number of methoxy groups -OCH3 is 1. The van der Waals surface area contributed by atoms with Crippen molar-refractivity contribution in [3.05, 3.63) is 77.4 Å². The highest BCUT2D eigenvalue weighted by Gasteiger charge is 2.07. The molecule has 0 bridgehead atoms. The molecule has 0 radical (unpaired) electrons. The van der Waals surface area contributed by atoms with Crippen molar-refractivity contribution in [3.8, 4) is 11.8 Å². The van der Waals surface area contributed by atoms with E-state index in [1.807, 2.05) is 66.7 Å². The molecule has 0 heterocycles. The molecule has 104 valence electrons. The molecule has 0 amide bonds. The van der Waals surface area contributed by atoms with Crippen LogP contribution in [0.2, 0.25) is 0 Å². The summed E-state index contributed by atoms with van der Waals surface area (Å²) in [6.07, 6.45) is 2.17. The second kappa shape index (κ2) is 7.72. The lowest BCUT2D eigenvalue weighted by Gasteiger charge is -2.01. The lowest BCUT2D eigenvalue weighted by molar-refractivity contribution is -0.136. The Morgan fingerprint density at radius 1 is 1.05 bits per heavy atom. The summed E-state index contributed by atoms with van der Waals surface area (Å²) in [7, 11) is 1.38. The van der Waals surface area contributed by atoms with Crippen molar-refractivity contribution in [1.82, 2.24) is 0 Å². The minimum Gasteiger partial charge on any atom is -0.466 e. The van der Waals surface area contributed by atoms with Crippen LogP contribution in [0.3, 0.4) is 0 Å². The van der Waals surface area contributed by atoms with Crippen LogP contribution < -0.4 is 0 Å². The molecule has 0 atom stereocenters. The first-order valence-corrected chi connectivity index (χ1v) is 6.67. The second-order valence-electron chi connectivity index (χ2n) is 4.42. The van der Waals surface area contributed by atoms with Gasteiger partial charge in [0.25, 0.3) is 0 Å². The molecule has 2 aromatic carbocycles. The quantitative estimate of drug-likeness (QED) is 0.485. The fourth-order valence-electron chi connectivity index (χ4n) is 1.83. The van der Waals surface area contributed by atoms with Crippen LogP contribution in [-0.2, 0) is 9.53 Å². The Balaban J connectivity index is 2.17. The normalized spacial score (nSPS) is 10.4. The maximum absolute atomic E-state index is 11.8. The van der Waals surface area contributed by atoms with E-state index in [0.29, 0.717) is 12.0 Å². The molecule has 0 aliphatic rings. The van der Waals surface area contributed by atoms with Gasteiger partial charge >= 0.3 is 5.97 Å². The summed E-state index contributed by atoms with van der Waals surface area (Å²) in [5.74, 6) is 5.71. The maximum Gasteiger partial charge on any atom is 0.334 e. The van der Waals surface area contributed by atoms with Crippen molar-refractivity contribution < 1.29 is 9.53 Å². The Labute approximate surface area is 125 Å². The predicted octanol–water partition coefficient (Wildman–Crippen LogP) is 3.68. The van der Waals surface area contributed by atoms with Gasteiger partial charge in [-0.25, -0.2) is 4.79 Å². The number of hydrogen-bond donors (Lipinski definition) is 0. The Morgan fingerprint density at radius 3 is 2.29 bits per heavy atom. The zero-order chi connectivity index (χ0) is 14.9. The third kappa shape index (κ3) is 4.67. The number of benzene rings is 2. The molecule has 0 fully saturated rings. The molecular formula is C19H16O2. The molecule has 21 heavy (non-hydrogen) atoms. The molecule has 2 aromatic rings. The summed E-state index contributed by atoms with van der Waals surface area (Å²) >= 11 is 0. The van der Waals surface area contributed by atoms with Gasteiger partial charge in [0.1, 0.15) is 0 Å². The number of rotatable bonds is 3. The molecule has 0 aliphatic heterocycles. The van der Waals surface area contributed by atoms with E-state index in [9.17, 15) is 4.79 Å². The van der Waals surface area contributed by atoms with Gasteiger partial charge < -0.3 is 4.74 Å². The van der Waals surface area contributed by atoms with Gasteiger partial charge in [0.15, 0.2) is 0 Å². The molecule has 0 spiro atoms. The van der Waals surface area contributed by atoms with E-state index in [1.165, 1.54) is 7.11 Å². The van der Waals surface area contributed by atoms with E-state index in [1.54, 1.807) is 0 Å². The zero-order valence-corrected chi connectivity index (χ0v) is 11.9. The molecule has 0 N–H and O–H groups in total. The van der Waals surface area contributed by atoms with Gasteiger partial charge in [-0.05, 0) is 23.8 Å². The third-order valence-corrected chi connectivity index (χ3v) is 2.87. The van der Waals surface area contributed by atoms with Crippen molar-refractivity contribution in [2.24, 2.45) is 0 Å². The number of carbonyl (C=O) groups is 1. The van der Waals surface area contributed by atoms with Crippen molar-refractivity contribution >= 4 is 12.0 Å². The molecule has 0 aliphatic carbocycles. The Morgan fingerprint density at radius 2 is 1.67 bits per heavy atom. The first-order valence-electron chi connectivity index (χ1n) is 6.67. The highest BCUT2D eigenvalue weighted by atomic mass is 16.5. The molecule has 0 saturated heterocycles. The van der Waals surface area contributed by atoms with Crippen molar-refractivity contribution in [2.45, 2.75) is 6.42 Å². The van der Waals surface area contributed by atoms with Gasteiger partial charge in [-0.1, -0.05) is 60.4 Å². The predicted molar refractivity (Wildman–Crippen MR) is 84.4 cm³/mol. The largest absolute Gasteiger partial charge is 0.466 e. The van der Waals surface area contributed by atoms with Gasteiger partial charge in [-0.2, -0.15) is 0 Å². The van der Waals surface area contributed by atoms with E-state index in [4.69, 9.17) is 4.74 Å². The Kier molecular flexibility index (Phi) is 5.37. The van der Waals surface area contributed by atoms with Gasteiger partial charge in [-0.3, -0.25) is 0 Å². The number of hydrogen-bond acceptors (Lipinski definition) is 2. The number of esters is 1. The molecule has 2 rings (SSSR count). The fourth-order valence-corrected chi connectivity index (χ4v) is 1.83. The molecular weight excluding hydrogens is 260 g/mol. The van der Waals surface area contributed by atoms with Crippen LogP contribution >= 0.6 is 0 Å². The summed E-state index contributed by atoms with van der Waals surface area (Å²) in [6, 6.07) is 19.4. The summed E-state index contributed by atoms with van der Waals surface area (Å²) in [6.45, 7) is 0. The van der Waals surface area contributed by atoms with E-state index >= 15 is 0 Å². The molecule has 0 saturated carbocycles. The lowest BCUT2D eigenvalue weighted by atomic mass is 10.1. The van der Waals surface area contributed by atoms with E-state index in [2.05, 4.69) is 11.8 Å². The van der Waals surface area contributed by atoms with Crippen molar-refractivity contribution in [2.75, 3.05) is 7.11 Å². The van der Waals surface area contributed by atoms with Gasteiger partial charge in [-0.15, -0.1) is 0 Å². The Bertz CT molecular complexity index is 674. The summed E-state index contributed by atoms with van der Waals surface area (Å²) in [5, 5.41) is 0. The molecule has 2 heteroatoms. The highest BCUT2D eigenvalue weighted by molar-refractivity contribution is 5.94. The minimum atomic E-state index is -0.346. The maximum atomic E-state index is 11.8. The van der Waals surface area contributed by atoms with Crippen LogP contribution in [0.4, 0.5) is 0 Å². The van der Waals surface area contributed by atoms with Gasteiger partial charge in [0, 0.05) is 17.6 Å². The van der Waals surface area contributed by atoms with Crippen LogP contribution in [0.1, 0.15) is 17.5 Å². The smallest absolute Gasteiger partial charge is 0.334 e. The fraction of sp³-hybridized carbons (Fsp3) is 0.105. The standard InChI is InChI=1S/C19H16O2/c1-21-19(20)18(15-17-11-6-3-7-12-17)14-8-13-16-9-4-2-5-10-16/h2-7,9-12,15H,14H2,1H3/b18-15+. The SMILES string of the molecule is COC(=O)/C(=C/c1ccccc1)CC#Cc1ccccc1. The summed E-state index contributed by atoms with van der Waals surface area (Å²) in [4.78, 5) is 11.8. The third-order valence-electron chi connectivity index (χ3n) is 2.87. The van der Waals surface area contributed by atoms with Gasteiger partial charge in [0.2, 0.25) is 0 Å². The van der Waals surface area contributed by atoms with E-state index in [-0.39, 0.29) is 5.97 Å². The van der Waals surface area contributed by atoms with Gasteiger partial charge in [0.05, 0.1) is 7.11 Å². The Hall–Kier alpha value is -2.79. The van der Waals surface area contributed by atoms with Crippen LogP contribution in [0, 0.1) is 11.8 Å². The monoisotopic (exact) mass is 276 g/mol. The second-order valence-corrected chi connectivity index (χ2v) is 4.42. The topological polar surface area (TPSA) is 26.3 Å². The lowest BCUT2D eigenvalue weighted by Crippen LogP contribution is -2.04. The average Bonchev–Trinajstić information content (AvgIpc) is 2.55. The van der Waals surface area contributed by atoms with E-state index < -0.39 is 0 Å². The highest BCUT2D eigenvalue weighted by Crippen LogP contribution is 2.11. The first kappa shape index (κ1) is 14.6. The summed E-state index contributed by atoms with van der Waals surface area (Å²) in [5.41, 5.74) is 2.44. The number of carbonyl (C=O) groups excluding carboxylic acids is 1. The first-order chi connectivity index (χ1) is 10.3. The molecule has 0 unspecified atom stereocenters. The van der Waals surface area contributed by atoms with Crippen LogP contribution in [-0.4, -0.2) is 13.1 Å². The van der Waals surface area contributed by atoms with Crippen molar-refractivity contribution in [1.29, 1.82) is 0 Å². The minimum absolute atomic E-state index is 0.346. The van der Waals surface area contributed by atoms with Crippen LogP contribution in [0.15, 0.2) is 66.2 Å². The number of ether oxygens (including phenoxy) is 1.